The molecule has 0 radical (unpaired) electrons. The maximum absolute atomic E-state index is 12.1. The number of carbonyl (C=O) groups is 3. The summed E-state index contributed by atoms with van der Waals surface area (Å²) >= 11 is 0. The molecule has 0 aliphatic carbocycles. The molecule has 1 fully saturated rings. The predicted octanol–water partition coefficient (Wildman–Crippen LogP) is 0.406. The number of nitrogens with zero attached hydrogens (tertiary/aromatic N) is 1. The first-order valence-electron chi connectivity index (χ1n) is 6.88. The largest absolute Gasteiger partial charge is 0.480 e. The SMILES string of the molecule is CNC(=O)C1CCCN1C(=O)NC(CC(C)C)C(=O)O. The van der Waals surface area contributed by atoms with Gasteiger partial charge in [-0.1, -0.05) is 13.8 Å². The Bertz CT molecular complexity index is 384. The average Bonchev–Trinajstić information content (AvgIpc) is 2.85. The van der Waals surface area contributed by atoms with Crippen molar-refractivity contribution < 1.29 is 19.5 Å². The van der Waals surface area contributed by atoms with Crippen molar-refractivity contribution in [2.24, 2.45) is 5.92 Å². The highest BCUT2D eigenvalue weighted by Gasteiger charge is 2.35. The van der Waals surface area contributed by atoms with Crippen molar-refractivity contribution in [2.75, 3.05) is 13.6 Å². The fraction of sp³-hybridized carbons (Fsp3) is 0.769. The normalized spacial score (nSPS) is 19.8. The van der Waals surface area contributed by atoms with Gasteiger partial charge in [0.1, 0.15) is 12.1 Å². The minimum Gasteiger partial charge on any atom is -0.480 e. The number of likely N-dealkylation sites (N-methyl/N-ethyl adjacent to an activating group) is 1. The molecule has 20 heavy (non-hydrogen) atoms. The van der Waals surface area contributed by atoms with Crippen molar-refractivity contribution >= 4 is 17.9 Å². The highest BCUT2D eigenvalue weighted by molar-refractivity contribution is 5.89. The molecular formula is C13H23N3O4. The molecule has 3 amide bonds. The molecule has 7 heteroatoms. The number of carbonyl (C=O) groups excluding carboxylic acids is 2. The summed E-state index contributed by atoms with van der Waals surface area (Å²) in [7, 11) is 1.52. The van der Waals surface area contributed by atoms with E-state index in [0.717, 1.165) is 6.42 Å². The lowest BCUT2D eigenvalue weighted by atomic mass is 10.0. The second-order valence-corrected chi connectivity index (χ2v) is 5.44. The summed E-state index contributed by atoms with van der Waals surface area (Å²) < 4.78 is 0. The number of likely N-dealkylation sites (tertiary alicyclic amines) is 1. The predicted molar refractivity (Wildman–Crippen MR) is 73.2 cm³/mol. The summed E-state index contributed by atoms with van der Waals surface area (Å²) in [6.07, 6.45) is 1.71. The Morgan fingerprint density at radius 1 is 1.35 bits per heavy atom. The van der Waals surface area contributed by atoms with E-state index in [2.05, 4.69) is 10.6 Å². The van der Waals surface area contributed by atoms with Crippen LogP contribution in [0.3, 0.4) is 0 Å². The topological polar surface area (TPSA) is 98.7 Å². The van der Waals surface area contributed by atoms with Gasteiger partial charge in [0.2, 0.25) is 5.91 Å². The van der Waals surface area contributed by atoms with Crippen LogP contribution in [0.2, 0.25) is 0 Å². The van der Waals surface area contributed by atoms with Gasteiger partial charge in [-0.3, -0.25) is 4.79 Å². The van der Waals surface area contributed by atoms with Crippen LogP contribution in [-0.2, 0) is 9.59 Å². The third-order valence-electron chi connectivity index (χ3n) is 3.37. The molecule has 114 valence electrons. The van der Waals surface area contributed by atoms with Crippen molar-refractivity contribution in [3.63, 3.8) is 0 Å². The minimum atomic E-state index is -1.05. The number of carboxylic acids is 1. The van der Waals surface area contributed by atoms with E-state index in [4.69, 9.17) is 5.11 Å². The van der Waals surface area contributed by atoms with Crippen LogP contribution in [0.1, 0.15) is 33.1 Å². The van der Waals surface area contributed by atoms with Gasteiger partial charge < -0.3 is 20.6 Å². The molecule has 0 aromatic heterocycles. The van der Waals surface area contributed by atoms with E-state index < -0.39 is 24.1 Å². The molecule has 7 nitrogen and oxygen atoms in total. The van der Waals surface area contributed by atoms with Crippen LogP contribution in [-0.4, -0.2) is 53.6 Å². The summed E-state index contributed by atoms with van der Waals surface area (Å²) in [6.45, 7) is 4.26. The van der Waals surface area contributed by atoms with Gasteiger partial charge in [-0.25, -0.2) is 9.59 Å². The first-order chi connectivity index (χ1) is 9.36. The van der Waals surface area contributed by atoms with Crippen LogP contribution in [0.25, 0.3) is 0 Å². The molecule has 2 unspecified atom stereocenters. The Kier molecular flexibility index (Phi) is 5.79. The van der Waals surface area contributed by atoms with E-state index in [1.807, 2.05) is 13.8 Å². The summed E-state index contributed by atoms with van der Waals surface area (Å²) in [5, 5.41) is 14.2. The molecule has 1 aliphatic rings. The smallest absolute Gasteiger partial charge is 0.326 e. The van der Waals surface area contributed by atoms with Gasteiger partial charge in [0, 0.05) is 13.6 Å². The Labute approximate surface area is 118 Å². The molecule has 0 saturated carbocycles. The van der Waals surface area contributed by atoms with Crippen LogP contribution in [0, 0.1) is 5.92 Å². The third-order valence-corrected chi connectivity index (χ3v) is 3.37. The van der Waals surface area contributed by atoms with Crippen molar-refractivity contribution in [2.45, 2.75) is 45.2 Å². The van der Waals surface area contributed by atoms with E-state index >= 15 is 0 Å². The zero-order valence-corrected chi connectivity index (χ0v) is 12.2. The molecule has 0 spiro atoms. The fourth-order valence-electron chi connectivity index (χ4n) is 2.37. The fourth-order valence-corrected chi connectivity index (χ4v) is 2.37. The number of aliphatic carboxylic acids is 1. The maximum atomic E-state index is 12.1. The summed E-state index contributed by atoms with van der Waals surface area (Å²) in [5.41, 5.74) is 0. The zero-order chi connectivity index (χ0) is 15.3. The highest BCUT2D eigenvalue weighted by atomic mass is 16.4. The van der Waals surface area contributed by atoms with E-state index in [0.29, 0.717) is 19.4 Å². The summed E-state index contributed by atoms with van der Waals surface area (Å²) in [4.78, 5) is 36.4. The first-order valence-corrected chi connectivity index (χ1v) is 6.88. The van der Waals surface area contributed by atoms with E-state index in [-0.39, 0.29) is 11.8 Å². The Hall–Kier alpha value is -1.79. The standard InChI is InChI=1S/C13H23N3O4/c1-8(2)7-9(12(18)19)15-13(20)16-6-4-5-10(16)11(17)14-3/h8-10H,4-7H2,1-3H3,(H,14,17)(H,15,20)(H,18,19). The van der Waals surface area contributed by atoms with Gasteiger partial charge in [0.15, 0.2) is 0 Å². The first kappa shape index (κ1) is 16.3. The lowest BCUT2D eigenvalue weighted by molar-refractivity contribution is -0.139. The number of rotatable bonds is 5. The molecule has 3 N–H and O–H groups in total. The van der Waals surface area contributed by atoms with Gasteiger partial charge in [0.05, 0.1) is 0 Å². The third kappa shape index (κ3) is 4.11. The van der Waals surface area contributed by atoms with Crippen LogP contribution < -0.4 is 10.6 Å². The van der Waals surface area contributed by atoms with E-state index in [9.17, 15) is 14.4 Å². The van der Waals surface area contributed by atoms with E-state index in [1.54, 1.807) is 0 Å². The van der Waals surface area contributed by atoms with Crippen molar-refractivity contribution in [3.05, 3.63) is 0 Å². The number of hydrogen-bond acceptors (Lipinski definition) is 3. The van der Waals surface area contributed by atoms with Crippen LogP contribution in [0.4, 0.5) is 4.79 Å². The monoisotopic (exact) mass is 285 g/mol. The molecule has 0 aromatic rings. The van der Waals surface area contributed by atoms with Gasteiger partial charge in [0.25, 0.3) is 0 Å². The molecule has 1 saturated heterocycles. The molecule has 0 aromatic carbocycles. The lowest BCUT2D eigenvalue weighted by Crippen LogP contribution is -2.53. The quantitative estimate of drug-likeness (QED) is 0.681. The van der Waals surface area contributed by atoms with E-state index in [1.165, 1.54) is 11.9 Å². The minimum absolute atomic E-state index is 0.157. The zero-order valence-electron chi connectivity index (χ0n) is 12.2. The highest BCUT2D eigenvalue weighted by Crippen LogP contribution is 2.18. The molecule has 1 aliphatic heterocycles. The number of hydrogen-bond donors (Lipinski definition) is 3. The molecule has 1 heterocycles. The van der Waals surface area contributed by atoms with Crippen molar-refractivity contribution in [1.82, 2.24) is 15.5 Å². The van der Waals surface area contributed by atoms with Crippen LogP contribution >= 0.6 is 0 Å². The number of urea groups is 1. The van der Waals surface area contributed by atoms with Crippen molar-refractivity contribution in [1.29, 1.82) is 0 Å². The van der Waals surface area contributed by atoms with Gasteiger partial charge in [-0.05, 0) is 25.2 Å². The van der Waals surface area contributed by atoms with Crippen LogP contribution in [0.15, 0.2) is 0 Å². The lowest BCUT2D eigenvalue weighted by Gasteiger charge is -2.26. The maximum Gasteiger partial charge on any atom is 0.326 e. The van der Waals surface area contributed by atoms with Gasteiger partial charge in [-0.2, -0.15) is 0 Å². The molecular weight excluding hydrogens is 262 g/mol. The summed E-state index contributed by atoms with van der Waals surface area (Å²) in [5.74, 6) is -1.11. The van der Waals surface area contributed by atoms with Gasteiger partial charge in [-0.15, -0.1) is 0 Å². The van der Waals surface area contributed by atoms with Gasteiger partial charge >= 0.3 is 12.0 Å². The number of amides is 3. The average molecular weight is 285 g/mol. The number of carboxylic acid groups (broad SMARTS) is 1. The van der Waals surface area contributed by atoms with Crippen molar-refractivity contribution in [3.8, 4) is 0 Å². The molecule has 2 atom stereocenters. The number of nitrogens with one attached hydrogen (secondary N) is 2. The second kappa shape index (κ2) is 7.12. The Balaban J connectivity index is 2.68. The molecule has 0 bridgehead atoms. The molecule has 1 rings (SSSR count). The second-order valence-electron chi connectivity index (χ2n) is 5.44. The Morgan fingerprint density at radius 3 is 2.50 bits per heavy atom. The Morgan fingerprint density at radius 2 is 2.00 bits per heavy atom. The van der Waals surface area contributed by atoms with Crippen LogP contribution in [0.5, 0.6) is 0 Å². The summed E-state index contributed by atoms with van der Waals surface area (Å²) in [6, 6.07) is -1.91.